The minimum atomic E-state index is 0.413. The summed E-state index contributed by atoms with van der Waals surface area (Å²) in [6.45, 7) is 9.21. The third-order valence-electron chi connectivity index (χ3n) is 4.64. The summed E-state index contributed by atoms with van der Waals surface area (Å²) in [6, 6.07) is 0.413. The fourth-order valence-corrected chi connectivity index (χ4v) is 4.22. The Hall–Kier alpha value is -1.31. The van der Waals surface area contributed by atoms with Gasteiger partial charge in [0.05, 0.1) is 12.1 Å². The van der Waals surface area contributed by atoms with Gasteiger partial charge in [0, 0.05) is 55.3 Å². The molecule has 0 aliphatic carbocycles. The van der Waals surface area contributed by atoms with E-state index in [1.54, 1.807) is 23.5 Å². The van der Waals surface area contributed by atoms with Gasteiger partial charge in [-0.05, 0) is 18.2 Å². The summed E-state index contributed by atoms with van der Waals surface area (Å²) < 4.78 is 0. The smallest absolute Gasteiger partial charge is 0.225 e. The van der Waals surface area contributed by atoms with Gasteiger partial charge in [-0.2, -0.15) is 0 Å². The van der Waals surface area contributed by atoms with Gasteiger partial charge in [-0.25, -0.2) is 9.97 Å². The summed E-state index contributed by atoms with van der Waals surface area (Å²) in [4.78, 5) is 19.5. The summed E-state index contributed by atoms with van der Waals surface area (Å²) in [5, 5.41) is 0. The number of rotatable bonds is 5. The van der Waals surface area contributed by atoms with E-state index in [1.165, 1.54) is 5.57 Å². The lowest BCUT2D eigenvalue weighted by molar-refractivity contribution is 0.221. The monoisotopic (exact) mass is 389 g/mol. The van der Waals surface area contributed by atoms with Gasteiger partial charge < -0.3 is 4.90 Å². The molecule has 0 spiro atoms. The zero-order valence-electron chi connectivity index (χ0n) is 15.5. The first-order valence-corrected chi connectivity index (χ1v) is 11.2. The number of hydrogen-bond acceptors (Lipinski definition) is 7. The molecule has 1 atom stereocenters. The summed E-state index contributed by atoms with van der Waals surface area (Å²) in [5.74, 6) is 2.89. The SMILES string of the molecule is CCSc1cnc(N2CCN(C(C)C3=C/C/N=C\SC/C=C\3)CC2)nc1. The van der Waals surface area contributed by atoms with Crippen LogP contribution in [0.2, 0.25) is 0 Å². The van der Waals surface area contributed by atoms with Crippen molar-refractivity contribution in [3.05, 3.63) is 36.2 Å². The number of thioether (sulfide) groups is 2. The van der Waals surface area contributed by atoms with Crippen molar-refractivity contribution in [1.82, 2.24) is 14.9 Å². The first kappa shape index (κ1) is 19.5. The molecule has 5 nitrogen and oxygen atoms in total. The predicted molar refractivity (Wildman–Crippen MR) is 115 cm³/mol. The second-order valence-electron chi connectivity index (χ2n) is 6.26. The van der Waals surface area contributed by atoms with Gasteiger partial charge in [-0.1, -0.05) is 25.2 Å². The van der Waals surface area contributed by atoms with Crippen LogP contribution in [0.4, 0.5) is 5.95 Å². The maximum atomic E-state index is 4.55. The average Bonchev–Trinajstić information content (AvgIpc) is 2.82. The van der Waals surface area contributed by atoms with Crippen molar-refractivity contribution in [1.29, 1.82) is 0 Å². The number of nitrogens with zero attached hydrogens (tertiary/aromatic N) is 5. The second kappa shape index (κ2) is 10.1. The Morgan fingerprint density at radius 3 is 2.69 bits per heavy atom. The van der Waals surface area contributed by atoms with Gasteiger partial charge in [-0.15, -0.1) is 23.5 Å². The highest BCUT2D eigenvalue weighted by Crippen LogP contribution is 2.20. The highest BCUT2D eigenvalue weighted by molar-refractivity contribution is 8.12. The molecule has 2 aliphatic heterocycles. The number of piperazine rings is 1. The van der Waals surface area contributed by atoms with Gasteiger partial charge in [0.25, 0.3) is 0 Å². The zero-order valence-corrected chi connectivity index (χ0v) is 17.2. The number of aromatic nitrogens is 2. The lowest BCUT2D eigenvalue weighted by Crippen LogP contribution is -2.50. The molecule has 7 heteroatoms. The summed E-state index contributed by atoms with van der Waals surface area (Å²) in [5.41, 5.74) is 3.33. The summed E-state index contributed by atoms with van der Waals surface area (Å²) in [7, 11) is 0. The van der Waals surface area contributed by atoms with Crippen molar-refractivity contribution < 1.29 is 0 Å². The molecule has 0 N–H and O–H groups in total. The van der Waals surface area contributed by atoms with E-state index in [0.29, 0.717) is 6.04 Å². The third-order valence-corrected chi connectivity index (χ3v) is 6.15. The summed E-state index contributed by atoms with van der Waals surface area (Å²) in [6.07, 6.45) is 10.6. The molecular weight excluding hydrogens is 362 g/mol. The highest BCUT2D eigenvalue weighted by Gasteiger charge is 2.23. The second-order valence-corrected chi connectivity index (χ2v) is 8.48. The molecule has 1 saturated heterocycles. The lowest BCUT2D eigenvalue weighted by atomic mass is 10.1. The molecule has 3 rings (SSSR count). The average molecular weight is 390 g/mol. The van der Waals surface area contributed by atoms with Gasteiger partial charge in [0.2, 0.25) is 5.95 Å². The molecule has 0 amide bonds. The molecule has 1 aromatic heterocycles. The molecule has 2 aliphatic rings. The van der Waals surface area contributed by atoms with Crippen molar-refractivity contribution in [2.75, 3.05) is 49.1 Å². The van der Waals surface area contributed by atoms with Crippen LogP contribution in [0.1, 0.15) is 13.8 Å². The topological polar surface area (TPSA) is 44.6 Å². The Balaban J connectivity index is 1.57. The number of hydrogen-bond donors (Lipinski definition) is 0. The van der Waals surface area contributed by atoms with E-state index in [1.807, 2.05) is 17.9 Å². The van der Waals surface area contributed by atoms with E-state index in [2.05, 4.69) is 56.8 Å². The third kappa shape index (κ3) is 5.34. The number of anilines is 1. The number of aliphatic imine (C=N–C) groups is 1. The first-order valence-electron chi connectivity index (χ1n) is 9.18. The van der Waals surface area contributed by atoms with E-state index in [9.17, 15) is 0 Å². The standard InChI is InChI=1S/C19H27N5S2/c1-3-26-18-13-21-19(22-14-18)24-10-8-23(9-11-24)16(2)17-5-4-12-25-15-20-7-6-17/h4-6,13-16H,3,7-12H2,1-2H3/b5-4-,17-6+,20-15-. The Morgan fingerprint density at radius 1 is 1.19 bits per heavy atom. The van der Waals surface area contributed by atoms with Crippen LogP contribution in [0.3, 0.4) is 0 Å². The minimum absolute atomic E-state index is 0.413. The van der Waals surface area contributed by atoms with Crippen molar-refractivity contribution in [3.63, 3.8) is 0 Å². The van der Waals surface area contributed by atoms with Crippen molar-refractivity contribution >= 4 is 35.0 Å². The molecule has 1 aromatic rings. The van der Waals surface area contributed by atoms with E-state index < -0.39 is 0 Å². The van der Waals surface area contributed by atoms with Crippen LogP contribution in [0.5, 0.6) is 0 Å². The van der Waals surface area contributed by atoms with Gasteiger partial charge in [0.15, 0.2) is 0 Å². The molecule has 0 bridgehead atoms. The normalized spacial score (nSPS) is 24.7. The van der Waals surface area contributed by atoms with E-state index in [4.69, 9.17) is 0 Å². The molecule has 1 unspecified atom stereocenters. The quantitative estimate of drug-likeness (QED) is 0.720. The maximum absolute atomic E-state index is 4.55. The Bertz CT molecular complexity index is 648. The Labute approximate surface area is 165 Å². The summed E-state index contributed by atoms with van der Waals surface area (Å²) >= 11 is 3.53. The van der Waals surface area contributed by atoms with Gasteiger partial charge >= 0.3 is 0 Å². The Kier molecular flexibility index (Phi) is 7.58. The first-order chi connectivity index (χ1) is 12.8. The van der Waals surface area contributed by atoms with Crippen molar-refractivity contribution in [2.24, 2.45) is 4.99 Å². The van der Waals surface area contributed by atoms with E-state index >= 15 is 0 Å². The van der Waals surface area contributed by atoms with Crippen LogP contribution in [-0.4, -0.2) is 70.7 Å². The van der Waals surface area contributed by atoms with Crippen LogP contribution >= 0.6 is 23.5 Å². The molecule has 3 heterocycles. The highest BCUT2D eigenvalue weighted by atomic mass is 32.2. The molecule has 0 aromatic carbocycles. The fourth-order valence-electron chi connectivity index (χ4n) is 3.15. The molecule has 26 heavy (non-hydrogen) atoms. The molecule has 140 valence electrons. The van der Waals surface area contributed by atoms with Crippen LogP contribution in [-0.2, 0) is 0 Å². The molecule has 0 radical (unpaired) electrons. The van der Waals surface area contributed by atoms with E-state index in [0.717, 1.165) is 55.1 Å². The van der Waals surface area contributed by atoms with Gasteiger partial charge in [0.1, 0.15) is 0 Å². The van der Waals surface area contributed by atoms with Gasteiger partial charge in [-0.3, -0.25) is 9.89 Å². The van der Waals surface area contributed by atoms with Crippen molar-refractivity contribution in [3.8, 4) is 0 Å². The fraction of sp³-hybridized carbons (Fsp3) is 0.526. The van der Waals surface area contributed by atoms with Crippen LogP contribution < -0.4 is 4.90 Å². The molecular formula is C19H27N5S2. The minimum Gasteiger partial charge on any atom is -0.338 e. The van der Waals surface area contributed by atoms with Crippen LogP contribution in [0, 0.1) is 0 Å². The maximum Gasteiger partial charge on any atom is 0.225 e. The van der Waals surface area contributed by atoms with Crippen molar-refractivity contribution in [2.45, 2.75) is 24.8 Å². The molecule has 1 fully saturated rings. The lowest BCUT2D eigenvalue weighted by Gasteiger charge is -2.38. The van der Waals surface area contributed by atoms with Crippen LogP contribution in [0.25, 0.3) is 0 Å². The van der Waals surface area contributed by atoms with Crippen LogP contribution in [0.15, 0.2) is 46.1 Å². The Morgan fingerprint density at radius 2 is 1.96 bits per heavy atom. The largest absolute Gasteiger partial charge is 0.338 e. The van der Waals surface area contributed by atoms with E-state index in [-0.39, 0.29) is 0 Å². The predicted octanol–water partition coefficient (Wildman–Crippen LogP) is 3.36. The molecule has 0 saturated carbocycles. The zero-order chi connectivity index (χ0) is 18.2.